The Balaban J connectivity index is -0.000000198. The average Bonchev–Trinajstić information content (AvgIpc) is 2.96. The van der Waals surface area contributed by atoms with E-state index in [9.17, 15) is 4.79 Å². The zero-order valence-corrected chi connectivity index (χ0v) is 12.1. The molecule has 0 radical (unpaired) electrons. The fraction of sp³-hybridized carbons (Fsp3) is 0.111. The number of H-pyrrole nitrogens is 1. The van der Waals surface area contributed by atoms with Gasteiger partial charge in [0.1, 0.15) is 0 Å². The Bertz CT molecular complexity index is 393. The molecule has 9 heteroatoms. The molecule has 18 heavy (non-hydrogen) atoms. The molecule has 0 saturated heterocycles. The molecule has 0 aromatic carbocycles. The van der Waals surface area contributed by atoms with Gasteiger partial charge in [-0.1, -0.05) is 7.43 Å². The molecule has 0 aliphatic rings. The standard InChI is InChI=1S/C4H4N2O2.C3H4N2.CO2.CH4.K/c7-4(8)6-3-1-2-5-6;1-2-4-5-3-1;2-1-3;;/h1-3H,(H,7,8);1-3H,(H,4,5);;1H4;/q;;;;+1. The zero-order valence-electron chi connectivity index (χ0n) is 8.98. The Hall–Kier alpha value is -1.09. The van der Waals surface area contributed by atoms with Crippen LogP contribution in [0.4, 0.5) is 4.79 Å². The van der Waals surface area contributed by atoms with Crippen molar-refractivity contribution in [1.82, 2.24) is 20.0 Å². The number of carbonyl (C=O) groups excluding carboxylic acids is 2. The Kier molecular flexibility index (Phi) is 19.5. The van der Waals surface area contributed by atoms with Crippen LogP contribution in [0.2, 0.25) is 0 Å². The molecule has 0 amide bonds. The van der Waals surface area contributed by atoms with Crippen LogP contribution in [-0.2, 0) is 9.59 Å². The van der Waals surface area contributed by atoms with E-state index in [1.54, 1.807) is 18.5 Å². The minimum atomic E-state index is -1.06. The van der Waals surface area contributed by atoms with Gasteiger partial charge >= 0.3 is 63.6 Å². The summed E-state index contributed by atoms with van der Waals surface area (Å²) in [7, 11) is 0. The topological polar surface area (TPSA) is 118 Å². The van der Waals surface area contributed by atoms with Gasteiger partial charge in [-0.25, -0.2) is 4.79 Å². The van der Waals surface area contributed by atoms with Gasteiger partial charge in [-0.15, -0.1) is 0 Å². The summed E-state index contributed by atoms with van der Waals surface area (Å²) in [4.78, 5) is 26.2. The molecule has 2 N–H and O–H groups in total. The van der Waals surface area contributed by atoms with Crippen molar-refractivity contribution in [3.63, 3.8) is 0 Å². The number of aromatic nitrogens is 4. The third-order valence-electron chi connectivity index (χ3n) is 1.11. The van der Waals surface area contributed by atoms with E-state index in [4.69, 9.17) is 14.7 Å². The van der Waals surface area contributed by atoms with E-state index in [-0.39, 0.29) is 65.0 Å². The third kappa shape index (κ3) is 13.0. The number of nitrogens with zero attached hydrogens (tertiary/aromatic N) is 3. The fourth-order valence-electron chi connectivity index (χ4n) is 0.597. The van der Waals surface area contributed by atoms with Crippen LogP contribution in [0.5, 0.6) is 0 Å². The molecule has 0 atom stereocenters. The van der Waals surface area contributed by atoms with E-state index in [1.807, 2.05) is 6.07 Å². The summed E-state index contributed by atoms with van der Waals surface area (Å²) < 4.78 is 0.833. The number of aromatic amines is 1. The summed E-state index contributed by atoms with van der Waals surface area (Å²) in [6.45, 7) is 0. The van der Waals surface area contributed by atoms with Gasteiger partial charge in [0.25, 0.3) is 0 Å². The molecular weight excluding hydrogens is 267 g/mol. The van der Waals surface area contributed by atoms with Crippen LogP contribution < -0.4 is 51.4 Å². The summed E-state index contributed by atoms with van der Waals surface area (Å²) in [5, 5.41) is 17.8. The van der Waals surface area contributed by atoms with Crippen LogP contribution >= 0.6 is 0 Å². The van der Waals surface area contributed by atoms with Gasteiger partial charge in [-0.3, -0.25) is 5.10 Å². The number of carbonyl (C=O) groups is 1. The molecule has 0 fully saturated rings. The van der Waals surface area contributed by atoms with Gasteiger partial charge in [-0.05, 0) is 12.1 Å². The molecular formula is C9H12KN4O4+. The van der Waals surface area contributed by atoms with Crippen molar-refractivity contribution in [2.45, 2.75) is 7.43 Å². The van der Waals surface area contributed by atoms with Crippen molar-refractivity contribution in [2.24, 2.45) is 0 Å². The van der Waals surface area contributed by atoms with Crippen molar-refractivity contribution in [3.8, 4) is 0 Å². The van der Waals surface area contributed by atoms with Crippen LogP contribution in [0.15, 0.2) is 36.9 Å². The van der Waals surface area contributed by atoms with Crippen LogP contribution in [0.3, 0.4) is 0 Å². The maximum Gasteiger partial charge on any atom is 1.00 e. The summed E-state index contributed by atoms with van der Waals surface area (Å²) in [5.41, 5.74) is 0. The summed E-state index contributed by atoms with van der Waals surface area (Å²) in [6.07, 6.45) is 5.42. The molecule has 2 heterocycles. The summed E-state index contributed by atoms with van der Waals surface area (Å²) >= 11 is 0. The number of rotatable bonds is 0. The van der Waals surface area contributed by atoms with Crippen LogP contribution in [0.25, 0.3) is 0 Å². The first-order valence-electron chi connectivity index (χ1n) is 3.88. The van der Waals surface area contributed by atoms with E-state index in [2.05, 4.69) is 15.3 Å². The molecule has 0 bridgehead atoms. The SMILES string of the molecule is C.O=C(O)n1cccn1.O=C=O.[K+].c1cn[nH]c1. The Labute approximate surface area is 146 Å². The number of nitrogens with one attached hydrogen (secondary N) is 1. The summed E-state index contributed by atoms with van der Waals surface area (Å²) in [5.74, 6) is 0. The minimum absolute atomic E-state index is 0. The zero-order chi connectivity index (χ0) is 12.2. The Morgan fingerprint density at radius 1 is 1.28 bits per heavy atom. The first kappa shape index (κ1) is 22.1. The van der Waals surface area contributed by atoms with Gasteiger partial charge in [0, 0.05) is 24.8 Å². The second-order valence-corrected chi connectivity index (χ2v) is 2.08. The van der Waals surface area contributed by atoms with Crippen LogP contribution in [0, 0.1) is 0 Å². The monoisotopic (exact) mass is 279 g/mol. The molecule has 92 valence electrons. The van der Waals surface area contributed by atoms with E-state index in [1.165, 1.54) is 12.4 Å². The average molecular weight is 279 g/mol. The predicted molar refractivity (Wildman–Crippen MR) is 56.0 cm³/mol. The second-order valence-electron chi connectivity index (χ2n) is 2.08. The van der Waals surface area contributed by atoms with Gasteiger partial charge in [0.15, 0.2) is 0 Å². The number of hydrogen-bond acceptors (Lipinski definition) is 5. The molecule has 2 aromatic rings. The van der Waals surface area contributed by atoms with Crippen molar-refractivity contribution in [1.29, 1.82) is 0 Å². The van der Waals surface area contributed by atoms with Crippen molar-refractivity contribution >= 4 is 12.2 Å². The van der Waals surface area contributed by atoms with Gasteiger partial charge in [0.2, 0.25) is 0 Å². The first-order valence-corrected chi connectivity index (χ1v) is 3.88. The van der Waals surface area contributed by atoms with Gasteiger partial charge in [0.05, 0.1) is 0 Å². The van der Waals surface area contributed by atoms with Gasteiger partial charge < -0.3 is 5.11 Å². The second kappa shape index (κ2) is 15.9. The predicted octanol–water partition coefficient (Wildman–Crippen LogP) is -2.12. The first-order chi connectivity index (χ1) is 7.72. The maximum atomic E-state index is 9.96. The third-order valence-corrected chi connectivity index (χ3v) is 1.11. The molecule has 2 rings (SSSR count). The largest absolute Gasteiger partial charge is 1.00 e. The smallest absolute Gasteiger partial charge is 0.463 e. The molecule has 0 aliphatic carbocycles. The Morgan fingerprint density at radius 2 is 1.89 bits per heavy atom. The minimum Gasteiger partial charge on any atom is -0.463 e. The van der Waals surface area contributed by atoms with Crippen molar-refractivity contribution in [3.05, 3.63) is 36.9 Å². The normalized spacial score (nSPS) is 6.67. The maximum absolute atomic E-state index is 9.96. The quantitative estimate of drug-likeness (QED) is 0.532. The van der Waals surface area contributed by atoms with E-state index < -0.39 is 6.09 Å². The van der Waals surface area contributed by atoms with Crippen LogP contribution in [0.1, 0.15) is 7.43 Å². The van der Waals surface area contributed by atoms with Crippen molar-refractivity contribution < 1.29 is 70.9 Å². The molecule has 0 spiro atoms. The fourth-order valence-corrected chi connectivity index (χ4v) is 0.597. The van der Waals surface area contributed by atoms with E-state index in [0.29, 0.717) is 0 Å². The number of hydrogen-bond donors (Lipinski definition) is 2. The van der Waals surface area contributed by atoms with Crippen LogP contribution in [-0.4, -0.2) is 37.3 Å². The van der Waals surface area contributed by atoms with Crippen molar-refractivity contribution in [2.75, 3.05) is 0 Å². The molecule has 2 aromatic heterocycles. The molecule has 0 saturated carbocycles. The molecule has 8 nitrogen and oxygen atoms in total. The molecule has 0 unspecified atom stereocenters. The number of carboxylic acid groups (broad SMARTS) is 1. The van der Waals surface area contributed by atoms with E-state index in [0.717, 1.165) is 4.68 Å². The Morgan fingerprint density at radius 3 is 2.06 bits per heavy atom. The van der Waals surface area contributed by atoms with E-state index >= 15 is 0 Å². The summed E-state index contributed by atoms with van der Waals surface area (Å²) in [6, 6.07) is 3.38. The molecule has 0 aliphatic heterocycles. The van der Waals surface area contributed by atoms with Gasteiger partial charge in [-0.2, -0.15) is 24.5 Å².